The summed E-state index contributed by atoms with van der Waals surface area (Å²) >= 11 is 0. The standard InChI is InChI=1S/C26H40O2/c1-7-8-10-13-26(14-11-9-12-20(2)17-23(27)28)18-21-22(19-26)25(5,6)16-15-24(21,3)4/h9,11-12,14,17H,7-8,10,13,15-16,18-19H2,1-6H3,(H,27,28)/b12-9+,14-11+,20-17+. The molecule has 2 rings (SSSR count). The van der Waals surface area contributed by atoms with E-state index in [0.29, 0.717) is 10.8 Å². The van der Waals surface area contributed by atoms with Crippen molar-refractivity contribution in [1.82, 2.24) is 0 Å². The number of unbranched alkanes of at least 4 members (excludes halogenated alkanes) is 2. The Labute approximate surface area is 172 Å². The van der Waals surface area contributed by atoms with E-state index in [1.54, 1.807) is 11.1 Å². The highest BCUT2D eigenvalue weighted by Gasteiger charge is 2.48. The van der Waals surface area contributed by atoms with E-state index in [2.05, 4.69) is 46.8 Å². The fourth-order valence-electron chi connectivity index (χ4n) is 5.02. The van der Waals surface area contributed by atoms with E-state index in [-0.39, 0.29) is 5.41 Å². The number of carboxylic acids is 1. The van der Waals surface area contributed by atoms with Gasteiger partial charge in [0.15, 0.2) is 0 Å². The third-order valence-electron chi connectivity index (χ3n) is 6.98. The van der Waals surface area contributed by atoms with Crippen molar-refractivity contribution in [2.75, 3.05) is 0 Å². The monoisotopic (exact) mass is 384 g/mol. The van der Waals surface area contributed by atoms with E-state index in [0.717, 1.165) is 5.57 Å². The van der Waals surface area contributed by atoms with E-state index in [9.17, 15) is 4.79 Å². The molecule has 0 saturated carbocycles. The van der Waals surface area contributed by atoms with Crippen LogP contribution in [0.25, 0.3) is 0 Å². The van der Waals surface area contributed by atoms with E-state index in [4.69, 9.17) is 5.11 Å². The summed E-state index contributed by atoms with van der Waals surface area (Å²) in [5, 5.41) is 8.86. The Hall–Kier alpha value is -1.57. The minimum Gasteiger partial charge on any atom is -0.478 e. The second kappa shape index (κ2) is 8.84. The Bertz CT molecular complexity index is 670. The Kier molecular flexibility index (Phi) is 7.17. The van der Waals surface area contributed by atoms with Gasteiger partial charge in [0.25, 0.3) is 0 Å². The molecule has 0 aromatic heterocycles. The first-order valence-electron chi connectivity index (χ1n) is 11.0. The lowest BCUT2D eigenvalue weighted by Gasteiger charge is -2.41. The van der Waals surface area contributed by atoms with Crippen LogP contribution in [0, 0.1) is 16.2 Å². The van der Waals surface area contributed by atoms with Gasteiger partial charge in [0, 0.05) is 6.08 Å². The van der Waals surface area contributed by atoms with Crippen molar-refractivity contribution >= 4 is 5.97 Å². The zero-order chi connectivity index (χ0) is 21.0. The maximum absolute atomic E-state index is 10.8. The van der Waals surface area contributed by atoms with Crippen LogP contribution in [0.15, 0.2) is 47.1 Å². The molecule has 156 valence electrons. The van der Waals surface area contributed by atoms with Crippen LogP contribution < -0.4 is 0 Å². The lowest BCUT2D eigenvalue weighted by Crippen LogP contribution is -2.28. The van der Waals surface area contributed by atoms with Gasteiger partial charge >= 0.3 is 5.97 Å². The molecule has 0 aromatic carbocycles. The van der Waals surface area contributed by atoms with Crippen LogP contribution in [0.5, 0.6) is 0 Å². The van der Waals surface area contributed by atoms with Gasteiger partial charge in [0.05, 0.1) is 0 Å². The van der Waals surface area contributed by atoms with Gasteiger partial charge in [-0.15, -0.1) is 0 Å². The molecule has 0 fully saturated rings. The predicted octanol–water partition coefficient (Wildman–Crippen LogP) is 7.63. The fraction of sp³-hybridized carbons (Fsp3) is 0.654. The summed E-state index contributed by atoms with van der Waals surface area (Å²) in [5.41, 5.74) is 5.08. The largest absolute Gasteiger partial charge is 0.478 e. The van der Waals surface area contributed by atoms with E-state index in [1.807, 2.05) is 19.1 Å². The summed E-state index contributed by atoms with van der Waals surface area (Å²) in [6.07, 6.45) is 19.8. The zero-order valence-electron chi connectivity index (χ0n) is 18.9. The summed E-state index contributed by atoms with van der Waals surface area (Å²) < 4.78 is 0. The second-order valence-corrected chi connectivity index (χ2v) is 10.3. The van der Waals surface area contributed by atoms with Gasteiger partial charge in [-0.3, -0.25) is 0 Å². The minimum atomic E-state index is -0.890. The van der Waals surface area contributed by atoms with Gasteiger partial charge in [-0.2, -0.15) is 0 Å². The van der Waals surface area contributed by atoms with Crippen molar-refractivity contribution in [3.8, 4) is 0 Å². The first-order valence-corrected chi connectivity index (χ1v) is 11.0. The Morgan fingerprint density at radius 3 is 2.07 bits per heavy atom. The zero-order valence-corrected chi connectivity index (χ0v) is 18.9. The van der Waals surface area contributed by atoms with E-state index in [1.165, 1.54) is 57.4 Å². The highest BCUT2D eigenvalue weighted by atomic mass is 16.4. The van der Waals surface area contributed by atoms with Gasteiger partial charge in [-0.1, -0.05) is 89.3 Å². The normalized spacial score (nSPS) is 23.6. The van der Waals surface area contributed by atoms with Gasteiger partial charge in [0.2, 0.25) is 0 Å². The van der Waals surface area contributed by atoms with E-state index >= 15 is 0 Å². The van der Waals surface area contributed by atoms with Crippen molar-refractivity contribution in [2.45, 2.75) is 92.9 Å². The lowest BCUT2D eigenvalue weighted by atomic mass is 9.64. The topological polar surface area (TPSA) is 37.3 Å². The molecule has 2 aliphatic carbocycles. The van der Waals surface area contributed by atoms with Crippen molar-refractivity contribution < 1.29 is 9.90 Å². The molecule has 0 atom stereocenters. The molecule has 0 spiro atoms. The Morgan fingerprint density at radius 1 is 1.00 bits per heavy atom. The molecule has 28 heavy (non-hydrogen) atoms. The van der Waals surface area contributed by atoms with Crippen molar-refractivity contribution in [3.63, 3.8) is 0 Å². The Morgan fingerprint density at radius 2 is 1.57 bits per heavy atom. The molecule has 2 aliphatic rings. The number of aliphatic carboxylic acids is 1. The quantitative estimate of drug-likeness (QED) is 0.202. The first kappa shape index (κ1) is 22.7. The molecule has 2 heteroatoms. The van der Waals surface area contributed by atoms with Crippen LogP contribution in [0.1, 0.15) is 92.9 Å². The number of rotatable bonds is 8. The number of hydrogen-bond acceptors (Lipinski definition) is 1. The number of carboxylic acid groups (broad SMARTS) is 1. The number of allylic oxidation sites excluding steroid dienone is 7. The molecular weight excluding hydrogens is 344 g/mol. The maximum atomic E-state index is 10.8. The molecule has 0 bridgehead atoms. The predicted molar refractivity (Wildman–Crippen MR) is 119 cm³/mol. The van der Waals surface area contributed by atoms with Crippen LogP contribution in [0.3, 0.4) is 0 Å². The smallest absolute Gasteiger partial charge is 0.328 e. The maximum Gasteiger partial charge on any atom is 0.328 e. The molecule has 0 radical (unpaired) electrons. The van der Waals surface area contributed by atoms with Crippen molar-refractivity contribution in [1.29, 1.82) is 0 Å². The SMILES string of the molecule is CCCCCC1(/C=C/C=C/C(C)=C/C(=O)O)CC2=C(C1)C(C)(C)CCC2(C)C. The molecular formula is C26H40O2. The summed E-state index contributed by atoms with van der Waals surface area (Å²) in [7, 11) is 0. The second-order valence-electron chi connectivity index (χ2n) is 10.3. The number of carbonyl (C=O) groups is 1. The van der Waals surface area contributed by atoms with E-state index < -0.39 is 5.97 Å². The molecule has 0 saturated heterocycles. The lowest BCUT2D eigenvalue weighted by molar-refractivity contribution is -0.131. The van der Waals surface area contributed by atoms with Crippen LogP contribution in [0.4, 0.5) is 0 Å². The molecule has 2 nitrogen and oxygen atoms in total. The Balaban J connectivity index is 2.25. The summed E-state index contributed by atoms with van der Waals surface area (Å²) in [6, 6.07) is 0. The summed E-state index contributed by atoms with van der Waals surface area (Å²) in [6.45, 7) is 13.8. The van der Waals surface area contributed by atoms with Crippen molar-refractivity contribution in [3.05, 3.63) is 47.1 Å². The third-order valence-corrected chi connectivity index (χ3v) is 6.98. The van der Waals surface area contributed by atoms with Crippen LogP contribution in [-0.2, 0) is 4.79 Å². The molecule has 0 heterocycles. The van der Waals surface area contributed by atoms with Crippen LogP contribution >= 0.6 is 0 Å². The van der Waals surface area contributed by atoms with Gasteiger partial charge in [0.1, 0.15) is 0 Å². The van der Waals surface area contributed by atoms with Crippen LogP contribution in [0.2, 0.25) is 0 Å². The first-order chi connectivity index (χ1) is 13.0. The van der Waals surface area contributed by atoms with Gasteiger partial charge in [-0.05, 0) is 60.8 Å². The molecule has 0 amide bonds. The van der Waals surface area contributed by atoms with Crippen LogP contribution in [-0.4, -0.2) is 11.1 Å². The van der Waals surface area contributed by atoms with Gasteiger partial charge < -0.3 is 5.11 Å². The van der Waals surface area contributed by atoms with Crippen molar-refractivity contribution in [2.24, 2.45) is 16.2 Å². The molecule has 0 unspecified atom stereocenters. The summed E-state index contributed by atoms with van der Waals surface area (Å²) in [5.74, 6) is -0.890. The molecule has 1 N–H and O–H groups in total. The molecule has 0 aromatic rings. The number of hydrogen-bond donors (Lipinski definition) is 1. The minimum absolute atomic E-state index is 0.230. The fourth-order valence-corrected chi connectivity index (χ4v) is 5.02. The summed E-state index contributed by atoms with van der Waals surface area (Å²) in [4.78, 5) is 10.8. The molecule has 0 aliphatic heterocycles. The van der Waals surface area contributed by atoms with Gasteiger partial charge in [-0.25, -0.2) is 4.79 Å². The highest BCUT2D eigenvalue weighted by Crippen LogP contribution is 2.61. The average molecular weight is 385 g/mol. The average Bonchev–Trinajstić information content (AvgIpc) is 2.99. The third kappa shape index (κ3) is 5.49. The highest BCUT2D eigenvalue weighted by molar-refractivity contribution is 5.81.